The van der Waals surface area contributed by atoms with Gasteiger partial charge < -0.3 is 25.4 Å². The van der Waals surface area contributed by atoms with Crippen LogP contribution >= 0.6 is 11.8 Å². The Morgan fingerprint density at radius 2 is 1.33 bits per heavy atom. The quantitative estimate of drug-likeness (QED) is 0.337. The summed E-state index contributed by atoms with van der Waals surface area (Å²) in [6.07, 6.45) is -0.733. The molecule has 0 unspecified atom stereocenters. The Balaban J connectivity index is 1.59. The second-order valence-electron chi connectivity index (χ2n) is 12.4. The number of amides is 3. The number of thioether (sulfide) groups is 1. The fraction of sp³-hybridized carbons (Fsp3) is 0.500. The summed E-state index contributed by atoms with van der Waals surface area (Å²) in [7, 11) is 0. The van der Waals surface area contributed by atoms with E-state index in [1.54, 1.807) is 20.8 Å². The lowest BCUT2D eigenvalue weighted by Crippen LogP contribution is -2.56. The number of alkyl carbamates (subject to hydrolysis) is 1. The first-order chi connectivity index (χ1) is 19.6. The third kappa shape index (κ3) is 9.24. The highest BCUT2D eigenvalue weighted by Gasteiger charge is 2.31. The van der Waals surface area contributed by atoms with E-state index in [1.807, 2.05) is 57.2 Å². The molecule has 0 saturated carbocycles. The van der Waals surface area contributed by atoms with Crippen LogP contribution in [-0.2, 0) is 23.9 Å². The van der Waals surface area contributed by atoms with Gasteiger partial charge in [0.15, 0.2) is 0 Å². The van der Waals surface area contributed by atoms with Gasteiger partial charge in [-0.15, -0.1) is 0 Å². The van der Waals surface area contributed by atoms with Crippen molar-refractivity contribution in [1.29, 1.82) is 0 Å². The summed E-state index contributed by atoms with van der Waals surface area (Å²) in [4.78, 5) is 51.3. The maximum Gasteiger partial charge on any atom is 0.407 e. The van der Waals surface area contributed by atoms with Gasteiger partial charge in [-0.2, -0.15) is 11.8 Å². The van der Waals surface area contributed by atoms with E-state index in [-0.39, 0.29) is 23.0 Å². The van der Waals surface area contributed by atoms with Gasteiger partial charge in [-0.05, 0) is 56.9 Å². The molecule has 9 nitrogen and oxygen atoms in total. The molecule has 0 radical (unpaired) electrons. The predicted molar refractivity (Wildman–Crippen MR) is 165 cm³/mol. The Morgan fingerprint density at radius 3 is 1.86 bits per heavy atom. The number of benzene rings is 2. The van der Waals surface area contributed by atoms with Crippen LogP contribution in [0.5, 0.6) is 0 Å². The maximum atomic E-state index is 13.1. The van der Waals surface area contributed by atoms with Crippen LogP contribution < -0.4 is 16.0 Å². The van der Waals surface area contributed by atoms with Crippen molar-refractivity contribution in [2.24, 2.45) is 0 Å². The monoisotopic (exact) mass is 597 g/mol. The Kier molecular flexibility index (Phi) is 10.7. The van der Waals surface area contributed by atoms with Gasteiger partial charge in [0.05, 0.1) is 0 Å². The van der Waals surface area contributed by atoms with Gasteiger partial charge in [0, 0.05) is 16.4 Å². The molecular formula is C32H43N3O6S. The highest BCUT2D eigenvalue weighted by Crippen LogP contribution is 2.44. The minimum atomic E-state index is -0.973. The number of rotatable bonds is 10. The molecule has 1 aliphatic rings. The summed E-state index contributed by atoms with van der Waals surface area (Å²) < 4.78 is 10.7. The standard InChI is InChI=1S/C32H43N3O6S/c1-19(34-30(39)40-17-25-23-15-11-9-13-21(23)22-14-10-12-16-24(22)25)27(36)35-26(18-42-32(6,7)8)28(37)33-20(2)29(38)41-31(3,4)5/h9-16,19-20,25-26H,17-18H2,1-8H3,(H,33,37)(H,34,39)(H,35,36)/t19-,20-,26-/m0/s1. The van der Waals surface area contributed by atoms with Gasteiger partial charge in [0.2, 0.25) is 11.8 Å². The van der Waals surface area contributed by atoms with Crippen molar-refractivity contribution >= 4 is 35.6 Å². The van der Waals surface area contributed by atoms with Gasteiger partial charge in [-0.1, -0.05) is 69.3 Å². The Hall–Kier alpha value is -3.53. The van der Waals surface area contributed by atoms with Gasteiger partial charge in [-0.25, -0.2) is 9.59 Å². The maximum absolute atomic E-state index is 13.1. The van der Waals surface area contributed by atoms with Crippen molar-refractivity contribution in [2.75, 3.05) is 12.4 Å². The normalized spacial score (nSPS) is 15.0. The van der Waals surface area contributed by atoms with Crippen molar-refractivity contribution in [3.63, 3.8) is 0 Å². The zero-order valence-corrected chi connectivity index (χ0v) is 26.5. The molecule has 3 N–H and O–H groups in total. The number of carbonyl (C=O) groups is 4. The summed E-state index contributed by atoms with van der Waals surface area (Å²) in [5, 5.41) is 7.92. The number of esters is 1. The Morgan fingerprint density at radius 1 is 0.786 bits per heavy atom. The molecule has 10 heteroatoms. The van der Waals surface area contributed by atoms with E-state index >= 15 is 0 Å². The highest BCUT2D eigenvalue weighted by molar-refractivity contribution is 8.00. The number of hydrogen-bond donors (Lipinski definition) is 3. The molecule has 1 aliphatic carbocycles. The van der Waals surface area contributed by atoms with Crippen LogP contribution in [0.15, 0.2) is 48.5 Å². The van der Waals surface area contributed by atoms with Crippen LogP contribution in [0.1, 0.15) is 72.4 Å². The predicted octanol–water partition coefficient (Wildman–Crippen LogP) is 4.78. The first kappa shape index (κ1) is 33.0. The highest BCUT2D eigenvalue weighted by atomic mass is 32.2. The number of nitrogens with one attached hydrogen (secondary N) is 3. The number of hydrogen-bond acceptors (Lipinski definition) is 7. The molecule has 3 atom stereocenters. The van der Waals surface area contributed by atoms with Crippen molar-refractivity contribution in [1.82, 2.24) is 16.0 Å². The summed E-state index contributed by atoms with van der Waals surface area (Å²) in [5.74, 6) is -1.49. The van der Waals surface area contributed by atoms with E-state index in [9.17, 15) is 19.2 Å². The molecule has 2 aromatic rings. The van der Waals surface area contributed by atoms with Gasteiger partial charge in [0.1, 0.15) is 30.3 Å². The zero-order valence-electron chi connectivity index (χ0n) is 25.7. The molecule has 0 bridgehead atoms. The SMILES string of the molecule is C[C@H](NC(=O)OCC1c2ccccc2-c2ccccc21)C(=O)N[C@@H](CSC(C)(C)C)C(=O)N[C@@H](C)C(=O)OC(C)(C)C. The van der Waals surface area contributed by atoms with E-state index < -0.39 is 47.6 Å². The molecule has 0 heterocycles. The third-order valence-corrected chi connectivity index (χ3v) is 7.87. The van der Waals surface area contributed by atoms with Crippen LogP contribution in [0.2, 0.25) is 0 Å². The van der Waals surface area contributed by atoms with E-state index in [0.29, 0.717) is 0 Å². The molecule has 0 aliphatic heterocycles. The topological polar surface area (TPSA) is 123 Å². The second-order valence-corrected chi connectivity index (χ2v) is 14.3. The number of fused-ring (bicyclic) bond motifs is 3. The molecule has 0 fully saturated rings. The largest absolute Gasteiger partial charge is 0.458 e. The van der Waals surface area contributed by atoms with Crippen LogP contribution in [0.4, 0.5) is 4.79 Å². The summed E-state index contributed by atoms with van der Waals surface area (Å²) in [5.41, 5.74) is 3.71. The Bertz CT molecular complexity index is 1250. The molecule has 228 valence electrons. The first-order valence-electron chi connectivity index (χ1n) is 14.1. The molecule has 0 spiro atoms. The average Bonchev–Trinajstić information content (AvgIpc) is 3.21. The average molecular weight is 598 g/mol. The fourth-order valence-corrected chi connectivity index (χ4v) is 5.36. The van der Waals surface area contributed by atoms with Crippen molar-refractivity contribution in [3.8, 4) is 11.1 Å². The van der Waals surface area contributed by atoms with E-state index in [1.165, 1.54) is 25.6 Å². The van der Waals surface area contributed by atoms with Crippen molar-refractivity contribution < 1.29 is 28.7 Å². The smallest absolute Gasteiger partial charge is 0.407 e. The lowest BCUT2D eigenvalue weighted by Gasteiger charge is -2.27. The molecule has 0 saturated heterocycles. The Labute approximate surface area is 252 Å². The van der Waals surface area contributed by atoms with Crippen LogP contribution in [0, 0.1) is 0 Å². The molecule has 0 aromatic heterocycles. The molecule has 2 aromatic carbocycles. The summed E-state index contributed by atoms with van der Waals surface area (Å²) in [6.45, 7) is 14.4. The van der Waals surface area contributed by atoms with E-state index in [4.69, 9.17) is 9.47 Å². The molecule has 42 heavy (non-hydrogen) atoms. The lowest BCUT2D eigenvalue weighted by atomic mass is 9.98. The van der Waals surface area contributed by atoms with Crippen LogP contribution in [0.25, 0.3) is 11.1 Å². The molecule has 3 amide bonds. The van der Waals surface area contributed by atoms with Gasteiger partial charge >= 0.3 is 12.1 Å². The van der Waals surface area contributed by atoms with Gasteiger partial charge in [-0.3, -0.25) is 9.59 Å². The third-order valence-electron chi connectivity index (χ3n) is 6.51. The molecular weight excluding hydrogens is 554 g/mol. The lowest BCUT2D eigenvalue weighted by molar-refractivity contribution is -0.158. The van der Waals surface area contributed by atoms with Crippen molar-refractivity contribution in [2.45, 2.75) is 89.8 Å². The van der Waals surface area contributed by atoms with Crippen LogP contribution in [-0.4, -0.2) is 64.7 Å². The number of ether oxygens (including phenoxy) is 2. The summed E-state index contributed by atoms with van der Waals surface area (Å²) >= 11 is 1.49. The van der Waals surface area contributed by atoms with Crippen LogP contribution in [0.3, 0.4) is 0 Å². The number of carbonyl (C=O) groups excluding carboxylic acids is 4. The van der Waals surface area contributed by atoms with Gasteiger partial charge in [0.25, 0.3) is 0 Å². The molecule has 3 rings (SSSR count). The first-order valence-corrected chi connectivity index (χ1v) is 15.1. The van der Waals surface area contributed by atoms with E-state index in [0.717, 1.165) is 22.3 Å². The fourth-order valence-electron chi connectivity index (χ4n) is 4.46. The second kappa shape index (κ2) is 13.6. The minimum Gasteiger partial charge on any atom is -0.458 e. The zero-order chi connectivity index (χ0) is 31.2. The van der Waals surface area contributed by atoms with Crippen molar-refractivity contribution in [3.05, 3.63) is 59.7 Å². The minimum absolute atomic E-state index is 0.109. The van der Waals surface area contributed by atoms with E-state index in [2.05, 4.69) is 28.1 Å². The summed E-state index contributed by atoms with van der Waals surface area (Å²) in [6, 6.07) is 13.2.